The largest absolute Gasteiger partial charge is 0.381 e. The number of hydrogen-bond donors (Lipinski definition) is 1. The molecule has 1 saturated carbocycles. The molecule has 1 aliphatic rings. The molecule has 0 aromatic carbocycles. The number of nitrogens with zero attached hydrogens (tertiary/aromatic N) is 3. The van der Waals surface area contributed by atoms with Crippen LogP contribution in [0.5, 0.6) is 0 Å². The third kappa shape index (κ3) is 3.71. The summed E-state index contributed by atoms with van der Waals surface area (Å²) >= 11 is 6.16. The molecule has 2 heterocycles. The van der Waals surface area contributed by atoms with E-state index in [0.717, 1.165) is 25.7 Å². The summed E-state index contributed by atoms with van der Waals surface area (Å²) in [4.78, 5) is 20.8. The maximum atomic E-state index is 12.4. The first-order valence-corrected chi connectivity index (χ1v) is 8.03. The molecule has 7 heteroatoms. The van der Waals surface area contributed by atoms with Gasteiger partial charge in [0.05, 0.1) is 11.1 Å². The zero-order chi connectivity index (χ0) is 16.2. The van der Waals surface area contributed by atoms with Gasteiger partial charge in [-0.15, -0.1) is 0 Å². The first-order valence-electron chi connectivity index (χ1n) is 7.66. The van der Waals surface area contributed by atoms with Crippen molar-refractivity contribution in [2.45, 2.75) is 37.8 Å². The van der Waals surface area contributed by atoms with Crippen LogP contribution in [0, 0.1) is 0 Å². The number of hydrogen-bond acceptors (Lipinski definition) is 4. The van der Waals surface area contributed by atoms with E-state index in [4.69, 9.17) is 16.3 Å². The zero-order valence-electron chi connectivity index (χ0n) is 12.9. The second-order valence-corrected chi connectivity index (χ2v) is 6.06. The highest BCUT2D eigenvalue weighted by Crippen LogP contribution is 2.22. The Labute approximate surface area is 139 Å². The number of nitrogens with one attached hydrogen (secondary N) is 1. The molecule has 0 radical (unpaired) electrons. The molecule has 23 heavy (non-hydrogen) atoms. The minimum Gasteiger partial charge on any atom is -0.381 e. The monoisotopic (exact) mass is 334 g/mol. The highest BCUT2D eigenvalue weighted by molar-refractivity contribution is 6.32. The van der Waals surface area contributed by atoms with Gasteiger partial charge < -0.3 is 10.1 Å². The van der Waals surface area contributed by atoms with Gasteiger partial charge in [0.1, 0.15) is 12.0 Å². The van der Waals surface area contributed by atoms with Crippen LogP contribution in [0.4, 0.5) is 0 Å². The molecule has 0 atom stereocenters. The van der Waals surface area contributed by atoms with Gasteiger partial charge in [0.25, 0.3) is 5.91 Å². The molecule has 1 N–H and O–H groups in total. The molecule has 2 aromatic rings. The predicted molar refractivity (Wildman–Crippen MR) is 86.9 cm³/mol. The van der Waals surface area contributed by atoms with E-state index < -0.39 is 0 Å². The second-order valence-electron chi connectivity index (χ2n) is 5.65. The maximum Gasteiger partial charge on any atom is 0.270 e. The molecule has 1 aliphatic carbocycles. The Hall–Kier alpha value is -1.92. The molecule has 6 nitrogen and oxygen atoms in total. The fraction of sp³-hybridized carbons (Fsp3) is 0.438. The summed E-state index contributed by atoms with van der Waals surface area (Å²) in [5, 5.41) is 3.52. The number of aromatic nitrogens is 3. The van der Waals surface area contributed by atoms with Gasteiger partial charge in [-0.1, -0.05) is 11.6 Å². The number of ether oxygens (including phenoxy) is 1. The molecule has 0 unspecified atom stereocenters. The molecular weight excluding hydrogens is 316 g/mol. The Morgan fingerprint density at radius 2 is 2.13 bits per heavy atom. The zero-order valence-corrected chi connectivity index (χ0v) is 13.7. The Kier molecular flexibility index (Phi) is 4.93. The molecule has 3 rings (SSSR count). The van der Waals surface area contributed by atoms with Crippen LogP contribution in [0.25, 0.3) is 5.82 Å². The standard InChI is InChI=1S/C16H19ClN4O2/c1-23-12-4-2-11(3-5-12)19-16(22)14-7-6-13(17)15(20-14)21-9-8-18-10-21/h6-12H,2-5H2,1H3,(H,19,22). The average Bonchev–Trinajstić information content (AvgIpc) is 3.10. The van der Waals surface area contributed by atoms with Crippen LogP contribution in [0.15, 0.2) is 30.9 Å². The summed E-state index contributed by atoms with van der Waals surface area (Å²) in [7, 11) is 1.73. The van der Waals surface area contributed by atoms with Gasteiger partial charge in [-0.05, 0) is 37.8 Å². The van der Waals surface area contributed by atoms with Gasteiger partial charge in [-0.3, -0.25) is 9.36 Å². The third-order valence-corrected chi connectivity index (χ3v) is 4.45. The number of halogens is 1. The van der Waals surface area contributed by atoms with Crippen molar-refractivity contribution in [3.05, 3.63) is 41.6 Å². The van der Waals surface area contributed by atoms with Gasteiger partial charge in [-0.25, -0.2) is 9.97 Å². The van der Waals surface area contributed by atoms with Crippen LogP contribution in [0.1, 0.15) is 36.2 Å². The van der Waals surface area contributed by atoms with Crippen molar-refractivity contribution in [1.29, 1.82) is 0 Å². The lowest BCUT2D eigenvalue weighted by atomic mass is 9.93. The molecule has 1 amide bonds. The quantitative estimate of drug-likeness (QED) is 0.933. The van der Waals surface area contributed by atoms with Crippen LogP contribution in [-0.4, -0.2) is 39.7 Å². The van der Waals surface area contributed by atoms with Crippen LogP contribution in [-0.2, 0) is 4.74 Å². The Morgan fingerprint density at radius 1 is 1.35 bits per heavy atom. The number of carbonyl (C=O) groups excluding carboxylic acids is 1. The minimum absolute atomic E-state index is 0.170. The first-order chi connectivity index (χ1) is 11.2. The Bertz CT molecular complexity index is 667. The van der Waals surface area contributed by atoms with E-state index in [1.807, 2.05) is 0 Å². The van der Waals surface area contributed by atoms with E-state index in [2.05, 4.69) is 15.3 Å². The highest BCUT2D eigenvalue weighted by atomic mass is 35.5. The summed E-state index contributed by atoms with van der Waals surface area (Å²) in [6.07, 6.45) is 9.07. The van der Waals surface area contributed by atoms with Crippen molar-refractivity contribution >= 4 is 17.5 Å². The first kappa shape index (κ1) is 16.0. The van der Waals surface area contributed by atoms with Crippen LogP contribution < -0.4 is 5.32 Å². The number of rotatable bonds is 4. The molecule has 0 saturated heterocycles. The molecule has 0 spiro atoms. The van der Waals surface area contributed by atoms with E-state index in [-0.39, 0.29) is 11.9 Å². The van der Waals surface area contributed by atoms with Crippen molar-refractivity contribution in [1.82, 2.24) is 19.9 Å². The van der Waals surface area contributed by atoms with Crippen molar-refractivity contribution in [3.63, 3.8) is 0 Å². The van der Waals surface area contributed by atoms with E-state index in [1.165, 1.54) is 0 Å². The summed E-state index contributed by atoms with van der Waals surface area (Å²) in [5.74, 6) is 0.323. The van der Waals surface area contributed by atoms with E-state index in [1.54, 1.807) is 42.5 Å². The number of methoxy groups -OCH3 is 1. The normalized spacial score (nSPS) is 21.1. The molecular formula is C16H19ClN4O2. The van der Waals surface area contributed by atoms with Crippen molar-refractivity contribution < 1.29 is 9.53 Å². The summed E-state index contributed by atoms with van der Waals surface area (Å²) in [6, 6.07) is 3.49. The van der Waals surface area contributed by atoms with E-state index >= 15 is 0 Å². The van der Waals surface area contributed by atoms with Gasteiger partial charge in [0.15, 0.2) is 5.82 Å². The lowest BCUT2D eigenvalue weighted by Gasteiger charge is -2.28. The number of imidazole rings is 1. The topological polar surface area (TPSA) is 69.0 Å². The molecule has 0 aliphatic heterocycles. The van der Waals surface area contributed by atoms with Gasteiger partial charge in [0, 0.05) is 25.5 Å². The molecule has 2 aromatic heterocycles. The smallest absolute Gasteiger partial charge is 0.270 e. The number of amides is 1. The predicted octanol–water partition coefficient (Wildman–Crippen LogP) is 2.61. The van der Waals surface area contributed by atoms with Crippen LogP contribution in [0.2, 0.25) is 5.02 Å². The summed E-state index contributed by atoms with van der Waals surface area (Å²) in [5.41, 5.74) is 0.354. The summed E-state index contributed by atoms with van der Waals surface area (Å²) < 4.78 is 7.03. The summed E-state index contributed by atoms with van der Waals surface area (Å²) in [6.45, 7) is 0. The number of pyridine rings is 1. The van der Waals surface area contributed by atoms with Gasteiger partial charge in [0.2, 0.25) is 0 Å². The third-order valence-electron chi connectivity index (χ3n) is 4.15. The van der Waals surface area contributed by atoms with Crippen molar-refractivity contribution in [2.24, 2.45) is 0 Å². The van der Waals surface area contributed by atoms with Crippen LogP contribution >= 0.6 is 11.6 Å². The van der Waals surface area contributed by atoms with Gasteiger partial charge >= 0.3 is 0 Å². The van der Waals surface area contributed by atoms with E-state index in [9.17, 15) is 4.79 Å². The lowest BCUT2D eigenvalue weighted by Crippen LogP contribution is -2.39. The van der Waals surface area contributed by atoms with Crippen LogP contribution in [0.3, 0.4) is 0 Å². The van der Waals surface area contributed by atoms with Crippen molar-refractivity contribution in [2.75, 3.05) is 7.11 Å². The maximum absolute atomic E-state index is 12.4. The SMILES string of the molecule is COC1CCC(NC(=O)c2ccc(Cl)c(-n3ccnc3)n2)CC1. The minimum atomic E-state index is -0.177. The molecule has 1 fully saturated rings. The molecule has 0 bridgehead atoms. The van der Waals surface area contributed by atoms with E-state index in [0.29, 0.717) is 22.6 Å². The fourth-order valence-corrected chi connectivity index (χ4v) is 3.03. The Morgan fingerprint density at radius 3 is 2.78 bits per heavy atom. The lowest BCUT2D eigenvalue weighted by molar-refractivity contribution is 0.0598. The highest BCUT2D eigenvalue weighted by Gasteiger charge is 2.23. The molecule has 122 valence electrons. The van der Waals surface area contributed by atoms with Gasteiger partial charge in [-0.2, -0.15) is 0 Å². The number of carbonyl (C=O) groups is 1. The Balaban J connectivity index is 1.69. The fourth-order valence-electron chi connectivity index (χ4n) is 2.83. The average molecular weight is 335 g/mol. The van der Waals surface area contributed by atoms with Crippen molar-refractivity contribution in [3.8, 4) is 5.82 Å². The second kappa shape index (κ2) is 7.10.